The van der Waals surface area contributed by atoms with Crippen LogP contribution in [0.4, 0.5) is 0 Å². The molecule has 0 aromatic heterocycles. The Bertz CT molecular complexity index is 640. The topological polar surface area (TPSA) is 90.2 Å². The summed E-state index contributed by atoms with van der Waals surface area (Å²) >= 11 is 5.85. The molecule has 7 heteroatoms. The lowest BCUT2D eigenvalue weighted by Crippen LogP contribution is -2.38. The Labute approximate surface area is 123 Å². The van der Waals surface area contributed by atoms with Crippen LogP contribution in [0.2, 0.25) is 5.02 Å². The fourth-order valence-electron chi connectivity index (χ4n) is 2.43. The Morgan fingerprint density at radius 2 is 2.20 bits per heavy atom. The normalized spacial score (nSPS) is 22.6. The summed E-state index contributed by atoms with van der Waals surface area (Å²) in [5, 5.41) is 18.1. The van der Waals surface area contributed by atoms with Gasteiger partial charge in [-0.05, 0) is 37.0 Å². The fraction of sp³-hybridized carbons (Fsp3) is 0.462. The summed E-state index contributed by atoms with van der Waals surface area (Å²) < 4.78 is 27.1. The first-order valence-electron chi connectivity index (χ1n) is 6.31. The van der Waals surface area contributed by atoms with E-state index in [1.807, 2.05) is 6.07 Å². The van der Waals surface area contributed by atoms with Crippen LogP contribution in [-0.4, -0.2) is 26.2 Å². The minimum Gasteiger partial charge on any atom is -0.396 e. The smallest absolute Gasteiger partial charge is 0.240 e. The molecular formula is C13H15ClN2O3S. The molecule has 2 N–H and O–H groups in total. The number of hydrogen-bond donors (Lipinski definition) is 2. The van der Waals surface area contributed by atoms with Gasteiger partial charge in [0.15, 0.2) is 0 Å². The molecule has 0 heterocycles. The molecule has 0 aliphatic heterocycles. The van der Waals surface area contributed by atoms with E-state index in [0.717, 1.165) is 12.8 Å². The van der Waals surface area contributed by atoms with Gasteiger partial charge in [0.2, 0.25) is 10.0 Å². The van der Waals surface area contributed by atoms with Crippen molar-refractivity contribution >= 4 is 21.6 Å². The predicted octanol–water partition coefficient (Wildman–Crippen LogP) is 1.65. The van der Waals surface area contributed by atoms with Crippen molar-refractivity contribution in [3.63, 3.8) is 0 Å². The first-order valence-corrected chi connectivity index (χ1v) is 8.17. The molecule has 0 radical (unpaired) electrons. The molecule has 1 fully saturated rings. The molecule has 0 spiro atoms. The van der Waals surface area contributed by atoms with Gasteiger partial charge in [0.1, 0.15) is 6.07 Å². The van der Waals surface area contributed by atoms with Gasteiger partial charge in [0.05, 0.1) is 15.5 Å². The summed E-state index contributed by atoms with van der Waals surface area (Å²) in [6, 6.07) is 5.64. The zero-order valence-corrected chi connectivity index (χ0v) is 12.3. The van der Waals surface area contributed by atoms with Crippen LogP contribution < -0.4 is 4.72 Å². The molecule has 0 amide bonds. The van der Waals surface area contributed by atoms with Crippen LogP contribution >= 0.6 is 11.6 Å². The molecule has 2 atom stereocenters. The summed E-state index contributed by atoms with van der Waals surface area (Å²) in [5.74, 6) is -0.0429. The lowest BCUT2D eigenvalue weighted by Gasteiger charge is -2.19. The van der Waals surface area contributed by atoms with Gasteiger partial charge in [-0.15, -0.1) is 0 Å². The number of benzene rings is 1. The van der Waals surface area contributed by atoms with E-state index in [9.17, 15) is 13.5 Å². The molecule has 2 unspecified atom stereocenters. The Hall–Kier alpha value is -1.13. The lowest BCUT2D eigenvalue weighted by molar-refractivity contribution is 0.213. The summed E-state index contributed by atoms with van der Waals surface area (Å²) in [4.78, 5) is 0.0325. The van der Waals surface area contributed by atoms with E-state index < -0.39 is 10.0 Å². The van der Waals surface area contributed by atoms with Crippen molar-refractivity contribution in [2.45, 2.75) is 30.2 Å². The maximum absolute atomic E-state index is 12.3. The predicted molar refractivity (Wildman–Crippen MR) is 74.7 cm³/mol. The van der Waals surface area contributed by atoms with Gasteiger partial charge in [-0.1, -0.05) is 18.0 Å². The molecule has 1 aromatic rings. The van der Waals surface area contributed by atoms with E-state index in [1.165, 1.54) is 18.2 Å². The Morgan fingerprint density at radius 3 is 2.80 bits per heavy atom. The molecule has 1 aliphatic rings. The van der Waals surface area contributed by atoms with Crippen molar-refractivity contribution in [3.05, 3.63) is 28.8 Å². The van der Waals surface area contributed by atoms with E-state index in [2.05, 4.69) is 4.72 Å². The van der Waals surface area contributed by atoms with Crippen molar-refractivity contribution in [1.82, 2.24) is 4.72 Å². The summed E-state index contributed by atoms with van der Waals surface area (Å²) in [7, 11) is -3.69. The van der Waals surface area contributed by atoms with Gasteiger partial charge in [-0.2, -0.15) is 5.26 Å². The summed E-state index contributed by atoms with van der Waals surface area (Å²) in [5.41, 5.74) is 0.236. The number of nitriles is 1. The van der Waals surface area contributed by atoms with Crippen molar-refractivity contribution < 1.29 is 13.5 Å². The third-order valence-electron chi connectivity index (χ3n) is 3.57. The minimum atomic E-state index is -3.69. The number of hydrogen-bond acceptors (Lipinski definition) is 4. The number of aliphatic hydroxyl groups excluding tert-OH is 1. The van der Waals surface area contributed by atoms with Gasteiger partial charge in [-0.25, -0.2) is 13.1 Å². The van der Waals surface area contributed by atoms with Gasteiger partial charge >= 0.3 is 0 Å². The highest BCUT2D eigenvalue weighted by Crippen LogP contribution is 2.27. The van der Waals surface area contributed by atoms with Crippen LogP contribution in [0.1, 0.15) is 24.8 Å². The number of nitrogens with one attached hydrogen (secondary N) is 1. The maximum Gasteiger partial charge on any atom is 0.240 e. The largest absolute Gasteiger partial charge is 0.396 e. The number of nitrogens with zero attached hydrogens (tertiary/aromatic N) is 1. The van der Waals surface area contributed by atoms with E-state index in [1.54, 1.807) is 0 Å². The lowest BCUT2D eigenvalue weighted by atomic mass is 10.1. The average Bonchev–Trinajstić information content (AvgIpc) is 2.85. The molecule has 1 aromatic carbocycles. The number of aliphatic hydroxyl groups is 1. The third-order valence-corrected chi connectivity index (χ3v) is 5.37. The van der Waals surface area contributed by atoms with Crippen molar-refractivity contribution in [2.75, 3.05) is 6.61 Å². The highest BCUT2D eigenvalue weighted by Gasteiger charge is 2.30. The summed E-state index contributed by atoms with van der Waals surface area (Å²) in [6.07, 6.45) is 2.43. The van der Waals surface area contributed by atoms with E-state index in [0.29, 0.717) is 6.42 Å². The molecule has 1 saturated carbocycles. The van der Waals surface area contributed by atoms with Crippen molar-refractivity contribution in [1.29, 1.82) is 5.26 Å². The van der Waals surface area contributed by atoms with E-state index in [4.69, 9.17) is 16.9 Å². The van der Waals surface area contributed by atoms with Gasteiger partial charge in [0.25, 0.3) is 0 Å². The minimum absolute atomic E-state index is 0.0265. The Balaban J connectivity index is 2.23. The zero-order chi connectivity index (χ0) is 14.8. The fourth-order valence-corrected chi connectivity index (χ4v) is 4.08. The molecule has 5 nitrogen and oxygen atoms in total. The summed E-state index contributed by atoms with van der Waals surface area (Å²) in [6.45, 7) is -0.0265. The van der Waals surface area contributed by atoms with Gasteiger partial charge in [-0.3, -0.25) is 0 Å². The number of halogens is 1. The number of rotatable bonds is 4. The molecular weight excluding hydrogens is 300 g/mol. The zero-order valence-electron chi connectivity index (χ0n) is 10.7. The van der Waals surface area contributed by atoms with Crippen LogP contribution in [0.15, 0.2) is 23.1 Å². The van der Waals surface area contributed by atoms with Crippen molar-refractivity contribution in [2.24, 2.45) is 5.92 Å². The maximum atomic E-state index is 12.3. The molecule has 0 bridgehead atoms. The average molecular weight is 315 g/mol. The first-order chi connectivity index (χ1) is 9.47. The number of sulfonamides is 1. The van der Waals surface area contributed by atoms with Crippen LogP contribution in [-0.2, 0) is 10.0 Å². The van der Waals surface area contributed by atoms with Gasteiger partial charge in [0, 0.05) is 12.6 Å². The van der Waals surface area contributed by atoms with Crippen LogP contribution in [0.3, 0.4) is 0 Å². The molecule has 2 rings (SSSR count). The highest BCUT2D eigenvalue weighted by atomic mass is 35.5. The highest BCUT2D eigenvalue weighted by molar-refractivity contribution is 7.89. The second kappa shape index (κ2) is 6.10. The van der Waals surface area contributed by atoms with E-state index in [-0.39, 0.29) is 34.0 Å². The van der Waals surface area contributed by atoms with E-state index >= 15 is 0 Å². The first kappa shape index (κ1) is 15.3. The monoisotopic (exact) mass is 314 g/mol. The Kier molecular flexibility index (Phi) is 4.66. The molecule has 0 saturated heterocycles. The third kappa shape index (κ3) is 3.13. The Morgan fingerprint density at radius 1 is 1.45 bits per heavy atom. The van der Waals surface area contributed by atoms with Crippen LogP contribution in [0.25, 0.3) is 0 Å². The molecule has 1 aliphatic carbocycles. The SMILES string of the molecule is N#Cc1ccc(S(=O)(=O)NC2CCCC2CO)cc1Cl. The van der Waals surface area contributed by atoms with Crippen molar-refractivity contribution in [3.8, 4) is 6.07 Å². The second-order valence-electron chi connectivity index (χ2n) is 4.85. The molecule has 20 heavy (non-hydrogen) atoms. The van der Waals surface area contributed by atoms with Crippen LogP contribution in [0, 0.1) is 17.2 Å². The molecule has 108 valence electrons. The van der Waals surface area contributed by atoms with Crippen LogP contribution in [0.5, 0.6) is 0 Å². The van der Waals surface area contributed by atoms with Gasteiger partial charge < -0.3 is 5.11 Å². The standard InChI is InChI=1S/C13H15ClN2O3S/c14-12-6-11(5-4-9(12)7-15)20(18,19)16-13-3-1-2-10(13)8-17/h4-6,10,13,16-17H,1-3,8H2. The second-order valence-corrected chi connectivity index (χ2v) is 6.98. The quantitative estimate of drug-likeness (QED) is 0.884.